The summed E-state index contributed by atoms with van der Waals surface area (Å²) in [4.78, 5) is 34.5. The first kappa shape index (κ1) is 24.8. The van der Waals surface area contributed by atoms with Gasteiger partial charge in [0.15, 0.2) is 0 Å². The summed E-state index contributed by atoms with van der Waals surface area (Å²) in [5.74, 6) is 0. The molecule has 0 saturated heterocycles. The Morgan fingerprint density at radius 3 is 1.56 bits per heavy atom. The zero-order chi connectivity index (χ0) is 21.3. The molecular weight excluding hydrogens is 348 g/mol. The molecule has 0 aromatic carbocycles. The molecule has 0 heterocycles. The van der Waals surface area contributed by atoms with Crippen LogP contribution in [-0.4, -0.2) is 34.6 Å². The van der Waals surface area contributed by atoms with Crippen molar-refractivity contribution >= 4 is 0 Å². The Labute approximate surface area is 166 Å². The molecule has 0 aromatic rings. The van der Waals surface area contributed by atoms with E-state index in [1.165, 1.54) is 0 Å². The Bertz CT molecular complexity index is 469. The van der Waals surface area contributed by atoms with Crippen LogP contribution in [0.2, 0.25) is 0 Å². The molecule has 3 atom stereocenters. The molecule has 1 fully saturated rings. The van der Waals surface area contributed by atoms with Crippen molar-refractivity contribution in [3.63, 3.8) is 0 Å². The molecule has 0 bridgehead atoms. The van der Waals surface area contributed by atoms with Crippen LogP contribution in [-0.2, 0) is 29.3 Å². The fraction of sp³-hybridized carbons (Fsp3) is 1.00. The second kappa shape index (κ2) is 8.25. The molecule has 0 aromatic heterocycles. The first-order valence-corrected chi connectivity index (χ1v) is 9.88. The SMILES string of the molecule is CC(C)(C)OOC1CC(C)(OOC(C)(C)C)CC(C)(C)C1OOC(C)(C)C. The first-order valence-electron chi connectivity index (χ1n) is 9.88. The van der Waals surface area contributed by atoms with E-state index in [1.54, 1.807) is 0 Å². The molecule has 0 radical (unpaired) electrons. The van der Waals surface area contributed by atoms with Crippen LogP contribution in [0.25, 0.3) is 0 Å². The van der Waals surface area contributed by atoms with Crippen LogP contribution in [0.5, 0.6) is 0 Å². The minimum Gasteiger partial charge on any atom is -0.231 e. The lowest BCUT2D eigenvalue weighted by molar-refractivity contribution is -0.470. The van der Waals surface area contributed by atoms with Crippen molar-refractivity contribution in [3.8, 4) is 0 Å². The van der Waals surface area contributed by atoms with Gasteiger partial charge in [-0.2, -0.15) is 0 Å². The average molecular weight is 391 g/mol. The Morgan fingerprint density at radius 1 is 0.667 bits per heavy atom. The van der Waals surface area contributed by atoms with Gasteiger partial charge >= 0.3 is 0 Å². The lowest BCUT2D eigenvalue weighted by Crippen LogP contribution is -2.56. The van der Waals surface area contributed by atoms with Crippen molar-refractivity contribution in [1.29, 1.82) is 0 Å². The topological polar surface area (TPSA) is 55.4 Å². The highest BCUT2D eigenvalue weighted by Crippen LogP contribution is 2.46. The lowest BCUT2D eigenvalue weighted by Gasteiger charge is -2.49. The van der Waals surface area contributed by atoms with Crippen molar-refractivity contribution in [2.24, 2.45) is 5.41 Å². The fourth-order valence-corrected chi connectivity index (χ4v) is 3.14. The van der Waals surface area contributed by atoms with Gasteiger partial charge in [0.05, 0.1) is 16.8 Å². The third-order valence-electron chi connectivity index (χ3n) is 3.89. The van der Waals surface area contributed by atoms with Crippen molar-refractivity contribution in [2.45, 2.75) is 131 Å². The van der Waals surface area contributed by atoms with Gasteiger partial charge in [-0.25, -0.2) is 29.3 Å². The van der Waals surface area contributed by atoms with Crippen LogP contribution < -0.4 is 0 Å². The maximum Gasteiger partial charge on any atom is 0.127 e. The molecule has 6 heteroatoms. The van der Waals surface area contributed by atoms with E-state index in [0.29, 0.717) is 6.42 Å². The van der Waals surface area contributed by atoms with Crippen LogP contribution >= 0.6 is 0 Å². The van der Waals surface area contributed by atoms with E-state index in [1.807, 2.05) is 69.2 Å². The summed E-state index contributed by atoms with van der Waals surface area (Å²) in [6, 6.07) is 0. The molecule has 0 N–H and O–H groups in total. The molecule has 0 spiro atoms. The quantitative estimate of drug-likeness (QED) is 0.438. The highest BCUT2D eigenvalue weighted by atomic mass is 17.2. The fourth-order valence-electron chi connectivity index (χ4n) is 3.14. The lowest BCUT2D eigenvalue weighted by atomic mass is 9.67. The summed E-state index contributed by atoms with van der Waals surface area (Å²) in [5.41, 5.74) is -2.07. The highest BCUT2D eigenvalue weighted by molar-refractivity contribution is 4.99. The van der Waals surface area contributed by atoms with Gasteiger partial charge in [-0.05, 0) is 81.1 Å². The second-order valence-corrected chi connectivity index (χ2v) is 11.6. The van der Waals surface area contributed by atoms with Crippen molar-refractivity contribution in [1.82, 2.24) is 0 Å². The van der Waals surface area contributed by atoms with Crippen LogP contribution in [0.4, 0.5) is 0 Å². The van der Waals surface area contributed by atoms with E-state index < -0.39 is 22.4 Å². The normalized spacial score (nSPS) is 29.8. The van der Waals surface area contributed by atoms with E-state index in [2.05, 4.69) is 13.8 Å². The zero-order valence-electron chi connectivity index (χ0n) is 19.5. The Hall–Kier alpha value is -0.240. The number of hydrogen-bond donors (Lipinski definition) is 0. The van der Waals surface area contributed by atoms with Gasteiger partial charge in [-0.3, -0.25) is 0 Å². The molecule has 1 aliphatic carbocycles. The first-order chi connectivity index (χ1) is 11.8. The van der Waals surface area contributed by atoms with Gasteiger partial charge in [0.2, 0.25) is 0 Å². The van der Waals surface area contributed by atoms with Crippen LogP contribution in [0.15, 0.2) is 0 Å². The molecule has 27 heavy (non-hydrogen) atoms. The second-order valence-electron chi connectivity index (χ2n) is 11.6. The number of hydrogen-bond acceptors (Lipinski definition) is 6. The Balaban J connectivity index is 3.01. The zero-order valence-corrected chi connectivity index (χ0v) is 19.5. The largest absolute Gasteiger partial charge is 0.231 e. The molecular formula is C21H42O6. The van der Waals surface area contributed by atoms with E-state index >= 15 is 0 Å². The summed E-state index contributed by atoms with van der Waals surface area (Å²) in [7, 11) is 0. The van der Waals surface area contributed by atoms with Gasteiger partial charge < -0.3 is 0 Å². The summed E-state index contributed by atoms with van der Waals surface area (Å²) in [5, 5.41) is 0. The van der Waals surface area contributed by atoms with Crippen molar-refractivity contribution < 1.29 is 29.3 Å². The van der Waals surface area contributed by atoms with Crippen molar-refractivity contribution in [2.75, 3.05) is 0 Å². The van der Waals surface area contributed by atoms with Crippen molar-refractivity contribution in [3.05, 3.63) is 0 Å². The minimum atomic E-state index is -0.537. The van der Waals surface area contributed by atoms with Gasteiger partial charge in [0.1, 0.15) is 17.8 Å². The molecule has 1 aliphatic rings. The number of rotatable bonds is 6. The standard InChI is InChI=1S/C21H42O6/c1-17(2,3)24-22-15-13-21(12,27-26-19(7,8)9)14-20(10,11)16(15)23-25-18(4,5)6/h15-16H,13-14H2,1-12H3. The predicted molar refractivity (Wildman–Crippen MR) is 105 cm³/mol. The molecule has 3 unspecified atom stereocenters. The molecule has 6 nitrogen and oxygen atoms in total. The smallest absolute Gasteiger partial charge is 0.127 e. The Kier molecular flexibility index (Phi) is 7.57. The molecule has 1 saturated carbocycles. The summed E-state index contributed by atoms with van der Waals surface area (Å²) >= 11 is 0. The third kappa shape index (κ3) is 9.20. The summed E-state index contributed by atoms with van der Waals surface area (Å²) in [6.07, 6.45) is 0.596. The molecule has 1 rings (SSSR count). The monoisotopic (exact) mass is 390 g/mol. The van der Waals surface area contributed by atoms with Gasteiger partial charge in [0.25, 0.3) is 0 Å². The molecule has 0 aliphatic heterocycles. The van der Waals surface area contributed by atoms with Crippen LogP contribution in [0, 0.1) is 5.41 Å². The molecule has 0 amide bonds. The predicted octanol–water partition coefficient (Wildman–Crippen LogP) is 5.54. The van der Waals surface area contributed by atoms with E-state index in [-0.39, 0.29) is 17.6 Å². The van der Waals surface area contributed by atoms with Gasteiger partial charge in [0, 0.05) is 6.42 Å². The van der Waals surface area contributed by atoms with Gasteiger partial charge in [-0.1, -0.05) is 13.8 Å². The maximum atomic E-state index is 5.89. The highest BCUT2D eigenvalue weighted by Gasteiger charge is 2.53. The van der Waals surface area contributed by atoms with E-state index in [9.17, 15) is 0 Å². The molecule has 162 valence electrons. The van der Waals surface area contributed by atoms with Gasteiger partial charge in [-0.15, -0.1) is 0 Å². The minimum absolute atomic E-state index is 0.286. The van der Waals surface area contributed by atoms with Crippen LogP contribution in [0.3, 0.4) is 0 Å². The maximum absolute atomic E-state index is 5.89. The summed E-state index contributed by atoms with van der Waals surface area (Å²) in [6.45, 7) is 23.9. The van der Waals surface area contributed by atoms with E-state index in [0.717, 1.165) is 6.42 Å². The average Bonchev–Trinajstić information content (AvgIpc) is 2.38. The van der Waals surface area contributed by atoms with Crippen LogP contribution in [0.1, 0.15) is 95.9 Å². The third-order valence-corrected chi connectivity index (χ3v) is 3.89. The summed E-state index contributed by atoms with van der Waals surface area (Å²) < 4.78 is 0. The van der Waals surface area contributed by atoms with E-state index in [4.69, 9.17) is 29.3 Å². The Morgan fingerprint density at radius 2 is 1.11 bits per heavy atom.